The molecule has 1 aliphatic heterocycles. The third-order valence-electron chi connectivity index (χ3n) is 4.53. The summed E-state index contributed by atoms with van der Waals surface area (Å²) >= 11 is 1.56. The molecule has 0 spiro atoms. The molecule has 2 atom stereocenters. The van der Waals surface area contributed by atoms with E-state index in [2.05, 4.69) is 34.0 Å². The molecule has 4 rings (SSSR count). The molecule has 0 unspecified atom stereocenters. The SMILES string of the molecule is C[C@H]1CN(c2ccc(CNC(=O)Cc3cn4ccsc4n3)cn2)C[C@H](C)O1. The van der Waals surface area contributed by atoms with Crippen molar-refractivity contribution in [1.82, 2.24) is 19.7 Å². The Morgan fingerprint density at radius 2 is 2.15 bits per heavy atom. The molecule has 0 aromatic carbocycles. The Hall–Kier alpha value is -2.45. The van der Waals surface area contributed by atoms with E-state index in [1.165, 1.54) is 0 Å². The second-order valence-corrected chi connectivity index (χ2v) is 7.84. The van der Waals surface area contributed by atoms with E-state index in [0.717, 1.165) is 35.1 Å². The summed E-state index contributed by atoms with van der Waals surface area (Å²) < 4.78 is 7.70. The molecule has 27 heavy (non-hydrogen) atoms. The van der Waals surface area contributed by atoms with Crippen molar-refractivity contribution < 1.29 is 9.53 Å². The van der Waals surface area contributed by atoms with Crippen LogP contribution in [0.3, 0.4) is 0 Å². The van der Waals surface area contributed by atoms with Gasteiger partial charge in [-0.05, 0) is 25.5 Å². The number of ether oxygens (including phenoxy) is 1. The predicted octanol–water partition coefficient (Wildman–Crippen LogP) is 2.26. The highest BCUT2D eigenvalue weighted by atomic mass is 32.1. The zero-order valence-corrected chi connectivity index (χ0v) is 16.3. The summed E-state index contributed by atoms with van der Waals surface area (Å²) in [5.41, 5.74) is 1.76. The number of morpholine rings is 1. The molecule has 142 valence electrons. The van der Waals surface area contributed by atoms with Crippen LogP contribution in [-0.4, -0.2) is 45.6 Å². The molecule has 1 aliphatic rings. The molecule has 0 saturated carbocycles. The van der Waals surface area contributed by atoms with Gasteiger partial charge in [-0.15, -0.1) is 11.3 Å². The second-order valence-electron chi connectivity index (χ2n) is 6.97. The molecular formula is C19H23N5O2S. The van der Waals surface area contributed by atoms with Gasteiger partial charge in [0.05, 0.1) is 24.3 Å². The van der Waals surface area contributed by atoms with Crippen molar-refractivity contribution in [3.63, 3.8) is 0 Å². The van der Waals surface area contributed by atoms with Gasteiger partial charge in [-0.25, -0.2) is 9.97 Å². The van der Waals surface area contributed by atoms with Crippen LogP contribution in [0.25, 0.3) is 4.96 Å². The average Bonchev–Trinajstić information content (AvgIpc) is 3.21. The molecule has 0 radical (unpaired) electrons. The normalized spacial score (nSPS) is 20.1. The quantitative estimate of drug-likeness (QED) is 0.729. The maximum absolute atomic E-state index is 12.2. The largest absolute Gasteiger partial charge is 0.372 e. The van der Waals surface area contributed by atoms with Crippen LogP contribution in [0.4, 0.5) is 5.82 Å². The van der Waals surface area contributed by atoms with Crippen molar-refractivity contribution in [2.24, 2.45) is 0 Å². The third-order valence-corrected chi connectivity index (χ3v) is 5.30. The smallest absolute Gasteiger partial charge is 0.226 e. The molecule has 0 bridgehead atoms. The van der Waals surface area contributed by atoms with Gasteiger partial charge in [-0.2, -0.15) is 0 Å². The van der Waals surface area contributed by atoms with E-state index in [4.69, 9.17) is 4.74 Å². The number of imidazole rings is 1. The molecule has 1 amide bonds. The van der Waals surface area contributed by atoms with Crippen molar-refractivity contribution >= 4 is 28.0 Å². The molecule has 3 aromatic heterocycles. The van der Waals surface area contributed by atoms with E-state index in [1.54, 1.807) is 11.3 Å². The molecule has 1 saturated heterocycles. The van der Waals surface area contributed by atoms with Gasteiger partial charge in [0.2, 0.25) is 5.91 Å². The number of carbonyl (C=O) groups excluding carboxylic acids is 1. The minimum Gasteiger partial charge on any atom is -0.372 e. The second kappa shape index (κ2) is 7.66. The van der Waals surface area contributed by atoms with Crippen LogP contribution in [0, 0.1) is 0 Å². The summed E-state index contributed by atoms with van der Waals surface area (Å²) in [5.74, 6) is 0.908. The van der Waals surface area contributed by atoms with Crippen LogP contribution in [0.2, 0.25) is 0 Å². The molecular weight excluding hydrogens is 362 g/mol. The molecule has 3 aromatic rings. The van der Waals surface area contributed by atoms with E-state index >= 15 is 0 Å². The predicted molar refractivity (Wildman–Crippen MR) is 105 cm³/mol. The lowest BCUT2D eigenvalue weighted by Crippen LogP contribution is -2.45. The summed E-state index contributed by atoms with van der Waals surface area (Å²) in [6.45, 7) is 6.31. The number of hydrogen-bond donors (Lipinski definition) is 1. The first kappa shape index (κ1) is 17.9. The van der Waals surface area contributed by atoms with Crippen LogP contribution in [0.15, 0.2) is 36.1 Å². The first-order chi connectivity index (χ1) is 13.1. The molecule has 1 N–H and O–H groups in total. The topological polar surface area (TPSA) is 71.8 Å². The summed E-state index contributed by atoms with van der Waals surface area (Å²) in [4.78, 5) is 24.3. The third kappa shape index (κ3) is 4.28. The van der Waals surface area contributed by atoms with Crippen LogP contribution in [0.1, 0.15) is 25.1 Å². The Labute approximate surface area is 162 Å². The first-order valence-electron chi connectivity index (χ1n) is 9.10. The van der Waals surface area contributed by atoms with E-state index in [9.17, 15) is 4.79 Å². The van der Waals surface area contributed by atoms with Gasteiger partial charge < -0.3 is 15.0 Å². The maximum atomic E-state index is 12.2. The average molecular weight is 385 g/mol. The highest BCUT2D eigenvalue weighted by Gasteiger charge is 2.22. The van der Waals surface area contributed by atoms with Gasteiger partial charge in [0.15, 0.2) is 4.96 Å². The lowest BCUT2D eigenvalue weighted by atomic mass is 10.2. The number of anilines is 1. The van der Waals surface area contributed by atoms with Crippen molar-refractivity contribution in [3.8, 4) is 0 Å². The van der Waals surface area contributed by atoms with Gasteiger partial charge in [-0.3, -0.25) is 9.20 Å². The fourth-order valence-electron chi connectivity index (χ4n) is 3.36. The fraction of sp³-hybridized carbons (Fsp3) is 0.421. The molecule has 4 heterocycles. The van der Waals surface area contributed by atoms with Crippen LogP contribution in [-0.2, 0) is 22.5 Å². The number of nitrogens with zero attached hydrogens (tertiary/aromatic N) is 4. The number of thiazole rings is 1. The van der Waals surface area contributed by atoms with Crippen molar-refractivity contribution in [2.45, 2.75) is 39.0 Å². The van der Waals surface area contributed by atoms with Gasteiger partial charge in [0, 0.05) is 43.6 Å². The molecule has 1 fully saturated rings. The minimum atomic E-state index is -0.0411. The van der Waals surface area contributed by atoms with E-state index < -0.39 is 0 Å². The number of nitrogens with one attached hydrogen (secondary N) is 1. The van der Waals surface area contributed by atoms with Crippen LogP contribution >= 0.6 is 11.3 Å². The first-order valence-corrected chi connectivity index (χ1v) is 9.98. The number of carbonyl (C=O) groups is 1. The highest BCUT2D eigenvalue weighted by molar-refractivity contribution is 7.15. The molecule has 8 heteroatoms. The Balaban J connectivity index is 1.30. The standard InChI is InChI=1S/C19H23N5O2S/c1-13-10-24(11-14(2)26-13)17-4-3-15(8-20-17)9-21-18(25)7-16-12-23-5-6-27-19(23)22-16/h3-6,8,12-14H,7,9-11H2,1-2H3,(H,21,25)/t13-,14-/m0/s1. The van der Waals surface area contributed by atoms with Crippen molar-refractivity contribution in [3.05, 3.63) is 47.4 Å². The lowest BCUT2D eigenvalue weighted by molar-refractivity contribution is -0.120. The number of pyridine rings is 1. The minimum absolute atomic E-state index is 0.0411. The number of rotatable bonds is 5. The van der Waals surface area contributed by atoms with E-state index in [0.29, 0.717) is 6.54 Å². The summed E-state index contributed by atoms with van der Waals surface area (Å²) in [6, 6.07) is 4.02. The Bertz CT molecular complexity index is 881. The summed E-state index contributed by atoms with van der Waals surface area (Å²) in [7, 11) is 0. The molecule has 7 nitrogen and oxygen atoms in total. The van der Waals surface area contributed by atoms with Crippen LogP contribution in [0.5, 0.6) is 0 Å². The lowest BCUT2D eigenvalue weighted by Gasteiger charge is -2.36. The Kier molecular flexibility index (Phi) is 5.09. The summed E-state index contributed by atoms with van der Waals surface area (Å²) in [5, 5.41) is 4.91. The van der Waals surface area contributed by atoms with Gasteiger partial charge in [0.1, 0.15) is 5.82 Å². The van der Waals surface area contributed by atoms with Gasteiger partial charge in [-0.1, -0.05) is 6.07 Å². The number of fused-ring (bicyclic) bond motifs is 1. The van der Waals surface area contributed by atoms with E-state index in [-0.39, 0.29) is 24.5 Å². The van der Waals surface area contributed by atoms with Crippen molar-refractivity contribution in [2.75, 3.05) is 18.0 Å². The molecule has 0 aliphatic carbocycles. The van der Waals surface area contributed by atoms with Gasteiger partial charge in [0.25, 0.3) is 0 Å². The number of aromatic nitrogens is 3. The number of amides is 1. The monoisotopic (exact) mass is 385 g/mol. The van der Waals surface area contributed by atoms with Gasteiger partial charge >= 0.3 is 0 Å². The van der Waals surface area contributed by atoms with Crippen molar-refractivity contribution in [1.29, 1.82) is 0 Å². The highest BCUT2D eigenvalue weighted by Crippen LogP contribution is 2.18. The zero-order chi connectivity index (χ0) is 18.8. The van der Waals surface area contributed by atoms with Crippen LogP contribution < -0.4 is 10.2 Å². The van der Waals surface area contributed by atoms with E-state index in [1.807, 2.05) is 40.5 Å². The maximum Gasteiger partial charge on any atom is 0.226 e. The Morgan fingerprint density at radius 1 is 1.33 bits per heavy atom. The fourth-order valence-corrected chi connectivity index (χ4v) is 4.08. The summed E-state index contributed by atoms with van der Waals surface area (Å²) in [6.07, 6.45) is 6.35. The Morgan fingerprint density at radius 3 is 2.85 bits per heavy atom. The number of hydrogen-bond acceptors (Lipinski definition) is 6. The zero-order valence-electron chi connectivity index (χ0n) is 15.5.